The average molecular weight is 357 g/mol. The Bertz CT molecular complexity index is 530. The number of hydrogen-bond donors (Lipinski definition) is 0. The Morgan fingerprint density at radius 2 is 1.23 bits per heavy atom. The Morgan fingerprint density at radius 3 is 1.85 bits per heavy atom. The van der Waals surface area contributed by atoms with E-state index in [2.05, 4.69) is 31.2 Å². The summed E-state index contributed by atoms with van der Waals surface area (Å²) in [5.41, 5.74) is 2.62. The van der Waals surface area contributed by atoms with Gasteiger partial charge in [-0.15, -0.1) is 0 Å². The molecule has 1 heterocycles. The minimum absolute atomic E-state index is 0.0486. The maximum absolute atomic E-state index is 6.10. The summed E-state index contributed by atoms with van der Waals surface area (Å²) >= 11 is 0. The fourth-order valence-corrected chi connectivity index (χ4v) is 5.56. The first-order chi connectivity index (χ1) is 12.8. The monoisotopic (exact) mass is 356 g/mol. The maximum atomic E-state index is 6.10. The Labute approximate surface area is 159 Å². The van der Waals surface area contributed by atoms with Crippen molar-refractivity contribution in [3.8, 4) is 0 Å². The summed E-state index contributed by atoms with van der Waals surface area (Å²) in [7, 11) is 0. The van der Waals surface area contributed by atoms with E-state index < -0.39 is 0 Å². The molecule has 1 aromatic rings. The molecule has 0 N–H and O–H groups in total. The number of aryl methyl sites for hydroxylation is 1. The molecule has 2 heteroatoms. The zero-order valence-corrected chi connectivity index (χ0v) is 16.5. The topological polar surface area (TPSA) is 18.5 Å². The van der Waals surface area contributed by atoms with Crippen LogP contribution in [0, 0.1) is 30.6 Å². The molecular weight excluding hydrogens is 320 g/mol. The van der Waals surface area contributed by atoms with Crippen LogP contribution in [0.4, 0.5) is 0 Å². The van der Waals surface area contributed by atoms with Gasteiger partial charge in [0, 0.05) is 12.3 Å². The molecule has 0 amide bonds. The van der Waals surface area contributed by atoms with E-state index in [1.165, 1.54) is 68.9 Å². The predicted octanol–water partition coefficient (Wildman–Crippen LogP) is 5.91. The molecule has 3 aliphatic rings. The molecule has 0 radical (unpaired) electrons. The third kappa shape index (κ3) is 4.70. The Morgan fingerprint density at radius 1 is 0.692 bits per heavy atom. The molecule has 2 nitrogen and oxygen atoms in total. The van der Waals surface area contributed by atoms with E-state index >= 15 is 0 Å². The fourth-order valence-electron chi connectivity index (χ4n) is 5.56. The molecule has 0 aromatic heterocycles. The van der Waals surface area contributed by atoms with E-state index in [-0.39, 0.29) is 6.29 Å². The Hall–Kier alpha value is -0.860. The first-order valence-corrected chi connectivity index (χ1v) is 11.1. The molecular formula is C24H36O2. The summed E-state index contributed by atoms with van der Waals surface area (Å²) in [5, 5.41) is 0. The van der Waals surface area contributed by atoms with Gasteiger partial charge in [-0.25, -0.2) is 0 Å². The highest BCUT2D eigenvalue weighted by molar-refractivity contribution is 5.21. The van der Waals surface area contributed by atoms with Gasteiger partial charge < -0.3 is 9.47 Å². The van der Waals surface area contributed by atoms with Crippen molar-refractivity contribution in [1.29, 1.82) is 0 Å². The molecule has 1 aromatic carbocycles. The van der Waals surface area contributed by atoms with Gasteiger partial charge in [0.1, 0.15) is 0 Å². The Kier molecular flexibility index (Phi) is 6.32. The van der Waals surface area contributed by atoms with Crippen molar-refractivity contribution in [1.82, 2.24) is 0 Å². The molecule has 0 spiro atoms. The first-order valence-electron chi connectivity index (χ1n) is 11.1. The highest BCUT2D eigenvalue weighted by Gasteiger charge is 2.34. The van der Waals surface area contributed by atoms with Gasteiger partial charge in [-0.1, -0.05) is 61.9 Å². The lowest BCUT2D eigenvalue weighted by Gasteiger charge is -2.40. The molecule has 3 fully saturated rings. The summed E-state index contributed by atoms with van der Waals surface area (Å²) in [5.74, 6) is 3.51. The van der Waals surface area contributed by atoms with Crippen molar-refractivity contribution in [2.75, 3.05) is 13.2 Å². The van der Waals surface area contributed by atoms with E-state index in [9.17, 15) is 0 Å². The summed E-state index contributed by atoms with van der Waals surface area (Å²) in [6.07, 6.45) is 14.0. The van der Waals surface area contributed by atoms with Gasteiger partial charge in [-0.3, -0.25) is 0 Å². The van der Waals surface area contributed by atoms with Crippen LogP contribution in [0.1, 0.15) is 68.9 Å². The van der Waals surface area contributed by atoms with Gasteiger partial charge in [0.15, 0.2) is 6.29 Å². The minimum atomic E-state index is -0.0486. The SMILES string of the molecule is Cc1ccc(CC2OCC(C3CCC(C4CCCCC4)CC3)CO2)cc1. The van der Waals surface area contributed by atoms with Gasteiger partial charge in [-0.05, 0) is 55.9 Å². The zero-order chi connectivity index (χ0) is 17.8. The van der Waals surface area contributed by atoms with Crippen LogP contribution in [-0.2, 0) is 15.9 Å². The van der Waals surface area contributed by atoms with Gasteiger partial charge in [0.05, 0.1) is 13.2 Å². The van der Waals surface area contributed by atoms with Crippen molar-refractivity contribution < 1.29 is 9.47 Å². The molecule has 4 rings (SSSR count). The van der Waals surface area contributed by atoms with E-state index in [4.69, 9.17) is 9.47 Å². The largest absolute Gasteiger partial charge is 0.352 e. The van der Waals surface area contributed by atoms with Crippen LogP contribution in [0.5, 0.6) is 0 Å². The second-order valence-corrected chi connectivity index (χ2v) is 9.12. The molecule has 2 aliphatic carbocycles. The van der Waals surface area contributed by atoms with Crippen molar-refractivity contribution in [2.45, 2.75) is 77.4 Å². The van der Waals surface area contributed by atoms with Gasteiger partial charge >= 0.3 is 0 Å². The third-order valence-electron chi connectivity index (χ3n) is 7.32. The third-order valence-corrected chi connectivity index (χ3v) is 7.32. The zero-order valence-electron chi connectivity index (χ0n) is 16.5. The lowest BCUT2D eigenvalue weighted by molar-refractivity contribution is -0.209. The van der Waals surface area contributed by atoms with Crippen LogP contribution >= 0.6 is 0 Å². The fraction of sp³-hybridized carbons (Fsp3) is 0.750. The van der Waals surface area contributed by atoms with Crippen LogP contribution in [0.15, 0.2) is 24.3 Å². The molecule has 0 atom stereocenters. The molecule has 1 saturated heterocycles. The quantitative estimate of drug-likeness (QED) is 0.667. The Balaban J connectivity index is 1.19. The molecule has 1 aliphatic heterocycles. The van der Waals surface area contributed by atoms with Gasteiger partial charge in [0.2, 0.25) is 0 Å². The minimum Gasteiger partial charge on any atom is -0.352 e. The summed E-state index contributed by atoms with van der Waals surface area (Å²) in [4.78, 5) is 0. The second-order valence-electron chi connectivity index (χ2n) is 9.12. The van der Waals surface area contributed by atoms with Crippen LogP contribution in [0.25, 0.3) is 0 Å². The normalized spacial score (nSPS) is 33.9. The molecule has 26 heavy (non-hydrogen) atoms. The van der Waals surface area contributed by atoms with Crippen LogP contribution in [0.2, 0.25) is 0 Å². The smallest absolute Gasteiger partial charge is 0.161 e. The van der Waals surface area contributed by atoms with E-state index in [1.54, 1.807) is 0 Å². The van der Waals surface area contributed by atoms with Crippen LogP contribution in [-0.4, -0.2) is 19.5 Å². The number of hydrogen-bond acceptors (Lipinski definition) is 2. The molecule has 144 valence electrons. The predicted molar refractivity (Wildman–Crippen MR) is 106 cm³/mol. The summed E-state index contributed by atoms with van der Waals surface area (Å²) < 4.78 is 12.2. The maximum Gasteiger partial charge on any atom is 0.161 e. The standard InChI is InChI=1S/C24H36O2/c1-18-7-9-19(10-8-18)15-24-25-16-23(17-26-24)22-13-11-21(12-14-22)20-5-3-2-4-6-20/h7-10,20-24H,2-6,11-17H2,1H3. The molecule has 2 saturated carbocycles. The van der Waals surface area contributed by atoms with Crippen molar-refractivity contribution >= 4 is 0 Å². The van der Waals surface area contributed by atoms with Crippen molar-refractivity contribution in [2.24, 2.45) is 23.7 Å². The van der Waals surface area contributed by atoms with Crippen molar-refractivity contribution in [3.05, 3.63) is 35.4 Å². The van der Waals surface area contributed by atoms with E-state index in [0.717, 1.165) is 37.4 Å². The number of benzene rings is 1. The highest BCUT2D eigenvalue weighted by Crippen LogP contribution is 2.42. The van der Waals surface area contributed by atoms with Crippen LogP contribution in [0.3, 0.4) is 0 Å². The summed E-state index contributed by atoms with van der Waals surface area (Å²) in [6, 6.07) is 8.73. The summed E-state index contributed by atoms with van der Waals surface area (Å²) in [6.45, 7) is 3.93. The van der Waals surface area contributed by atoms with Gasteiger partial charge in [-0.2, -0.15) is 0 Å². The van der Waals surface area contributed by atoms with Crippen LogP contribution < -0.4 is 0 Å². The van der Waals surface area contributed by atoms with E-state index in [1.807, 2.05) is 0 Å². The lowest BCUT2D eigenvalue weighted by Crippen LogP contribution is -2.38. The van der Waals surface area contributed by atoms with Gasteiger partial charge in [0.25, 0.3) is 0 Å². The molecule has 0 unspecified atom stereocenters. The second kappa shape index (κ2) is 8.89. The lowest BCUT2D eigenvalue weighted by atomic mass is 9.69. The van der Waals surface area contributed by atoms with E-state index in [0.29, 0.717) is 5.92 Å². The average Bonchev–Trinajstić information content (AvgIpc) is 2.71. The number of ether oxygens (including phenoxy) is 2. The highest BCUT2D eigenvalue weighted by atomic mass is 16.7. The first kappa shape index (κ1) is 18.5. The molecule has 0 bridgehead atoms. The van der Waals surface area contributed by atoms with Crippen molar-refractivity contribution in [3.63, 3.8) is 0 Å². The number of rotatable bonds is 4.